The highest BCUT2D eigenvalue weighted by Gasteiger charge is 2.18. The van der Waals surface area contributed by atoms with Crippen molar-refractivity contribution < 1.29 is 14.2 Å². The van der Waals surface area contributed by atoms with Gasteiger partial charge in [0.2, 0.25) is 0 Å². The monoisotopic (exact) mass is 334 g/mol. The average Bonchev–Trinajstić information content (AvgIpc) is 2.29. The molecule has 0 aliphatic carbocycles. The van der Waals surface area contributed by atoms with E-state index in [2.05, 4.69) is 0 Å². The number of hydrogen-bond acceptors (Lipinski definition) is 2. The van der Waals surface area contributed by atoms with Crippen LogP contribution < -0.4 is 0 Å². The topological polar surface area (TPSA) is 29.5 Å². The Labute approximate surface area is 107 Å². The van der Waals surface area contributed by atoms with Gasteiger partial charge in [0.25, 0.3) is 0 Å². The fourth-order valence-electron chi connectivity index (χ4n) is 1.71. The maximum atomic E-state index is 12.9. The van der Waals surface area contributed by atoms with Crippen molar-refractivity contribution in [1.29, 1.82) is 0 Å². The van der Waals surface area contributed by atoms with Gasteiger partial charge in [-0.05, 0) is 58.7 Å². The number of rotatable bonds is 2. The van der Waals surface area contributed by atoms with Crippen LogP contribution in [0, 0.1) is 9.39 Å². The fourth-order valence-corrected chi connectivity index (χ4v) is 2.48. The van der Waals surface area contributed by atoms with Gasteiger partial charge in [0.15, 0.2) is 0 Å². The van der Waals surface area contributed by atoms with E-state index in [-0.39, 0.29) is 5.82 Å². The summed E-state index contributed by atoms with van der Waals surface area (Å²) in [5, 5.41) is 10.1. The molecule has 2 rings (SSSR count). The molecule has 0 saturated heterocycles. The summed E-state index contributed by atoms with van der Waals surface area (Å²) in [5.41, 5.74) is 1.59. The quantitative estimate of drug-likeness (QED) is 0.842. The van der Waals surface area contributed by atoms with Crippen molar-refractivity contribution in [3.05, 3.63) is 45.0 Å². The number of halogens is 2. The molecule has 1 unspecified atom stereocenters. The van der Waals surface area contributed by atoms with E-state index < -0.39 is 6.10 Å². The zero-order valence-corrected chi connectivity index (χ0v) is 10.8. The molecule has 0 spiro atoms. The summed E-state index contributed by atoms with van der Waals surface area (Å²) in [6.45, 7) is 0.705. The van der Waals surface area contributed by atoms with E-state index >= 15 is 0 Å². The summed E-state index contributed by atoms with van der Waals surface area (Å²) in [5.74, 6) is -0.283. The van der Waals surface area contributed by atoms with Gasteiger partial charge in [-0.15, -0.1) is 0 Å². The highest BCUT2D eigenvalue weighted by molar-refractivity contribution is 14.1. The molecule has 0 fully saturated rings. The van der Waals surface area contributed by atoms with E-state index in [1.807, 2.05) is 22.6 Å². The normalized spacial score (nSPS) is 17.6. The minimum Gasteiger partial charge on any atom is -0.501 e. The Balaban J connectivity index is 2.26. The minimum atomic E-state index is -0.687. The third-order valence-corrected chi connectivity index (χ3v) is 3.50. The summed E-state index contributed by atoms with van der Waals surface area (Å²) < 4.78 is 18.9. The number of aliphatic hydroxyl groups is 1. The van der Waals surface area contributed by atoms with Gasteiger partial charge in [0.05, 0.1) is 12.9 Å². The minimum absolute atomic E-state index is 0.283. The molecule has 0 radical (unpaired) electrons. The summed E-state index contributed by atoms with van der Waals surface area (Å²) >= 11 is 2.03. The summed E-state index contributed by atoms with van der Waals surface area (Å²) in [6.07, 6.45) is 2.68. The van der Waals surface area contributed by atoms with Crippen LogP contribution in [0.15, 0.2) is 30.0 Å². The smallest absolute Gasteiger partial charge is 0.124 e. The standard InChI is InChI=1S/C12H12FIO2/c13-9-3-4-10(11(14)6-9)12(15)8-2-1-5-16-7-8/h3-4,6-7,12,15H,1-2,5H2. The van der Waals surface area contributed by atoms with Crippen LogP contribution in [0.5, 0.6) is 0 Å². The molecule has 1 aliphatic heterocycles. The van der Waals surface area contributed by atoms with Crippen molar-refractivity contribution in [3.63, 3.8) is 0 Å². The zero-order chi connectivity index (χ0) is 11.5. The Kier molecular flexibility index (Phi) is 3.81. The molecule has 1 N–H and O–H groups in total. The SMILES string of the molecule is OC(C1=COCCC1)c1ccc(F)cc1I. The van der Waals surface area contributed by atoms with Crippen LogP contribution in [0.2, 0.25) is 0 Å². The van der Waals surface area contributed by atoms with Crippen LogP contribution in [-0.4, -0.2) is 11.7 Å². The van der Waals surface area contributed by atoms with E-state index in [9.17, 15) is 9.50 Å². The Bertz CT molecular complexity index is 417. The molecule has 1 heterocycles. The predicted molar refractivity (Wildman–Crippen MR) is 67.3 cm³/mol. The Morgan fingerprint density at radius 3 is 2.88 bits per heavy atom. The van der Waals surface area contributed by atoms with Gasteiger partial charge in [-0.1, -0.05) is 6.07 Å². The van der Waals surface area contributed by atoms with Crippen LogP contribution in [-0.2, 0) is 4.74 Å². The van der Waals surface area contributed by atoms with Crippen molar-refractivity contribution in [1.82, 2.24) is 0 Å². The molecule has 16 heavy (non-hydrogen) atoms. The summed E-state index contributed by atoms with van der Waals surface area (Å²) in [7, 11) is 0. The Morgan fingerprint density at radius 1 is 1.44 bits per heavy atom. The Hall–Kier alpha value is -0.620. The molecule has 2 nitrogen and oxygen atoms in total. The molecule has 1 aromatic rings. The lowest BCUT2D eigenvalue weighted by molar-refractivity contribution is 0.170. The van der Waals surface area contributed by atoms with Gasteiger partial charge < -0.3 is 9.84 Å². The largest absolute Gasteiger partial charge is 0.501 e. The van der Waals surface area contributed by atoms with E-state index in [1.54, 1.807) is 12.3 Å². The van der Waals surface area contributed by atoms with Gasteiger partial charge in [-0.3, -0.25) is 0 Å². The first kappa shape index (κ1) is 11.9. The molecule has 1 aromatic carbocycles. The highest BCUT2D eigenvalue weighted by Crippen LogP contribution is 2.30. The molecular formula is C12H12FIO2. The van der Waals surface area contributed by atoms with Crippen molar-refractivity contribution in [2.75, 3.05) is 6.61 Å². The van der Waals surface area contributed by atoms with Crippen LogP contribution in [0.1, 0.15) is 24.5 Å². The van der Waals surface area contributed by atoms with Crippen LogP contribution in [0.3, 0.4) is 0 Å². The summed E-state index contributed by atoms with van der Waals surface area (Å²) in [4.78, 5) is 0. The Morgan fingerprint density at radius 2 is 2.25 bits per heavy atom. The van der Waals surface area contributed by atoms with Gasteiger partial charge in [-0.2, -0.15) is 0 Å². The second-order valence-electron chi connectivity index (χ2n) is 3.74. The van der Waals surface area contributed by atoms with Crippen molar-refractivity contribution in [3.8, 4) is 0 Å². The molecule has 1 aliphatic rings. The second kappa shape index (κ2) is 5.14. The zero-order valence-electron chi connectivity index (χ0n) is 8.62. The first-order valence-electron chi connectivity index (χ1n) is 5.12. The molecule has 4 heteroatoms. The van der Waals surface area contributed by atoms with Gasteiger partial charge in [-0.25, -0.2) is 4.39 Å². The number of aliphatic hydroxyl groups excluding tert-OH is 1. The third-order valence-electron chi connectivity index (χ3n) is 2.57. The van der Waals surface area contributed by atoms with E-state index in [1.165, 1.54) is 12.1 Å². The molecule has 0 amide bonds. The van der Waals surface area contributed by atoms with Gasteiger partial charge >= 0.3 is 0 Å². The van der Waals surface area contributed by atoms with Crippen molar-refractivity contribution >= 4 is 22.6 Å². The predicted octanol–water partition coefficient (Wildman–Crippen LogP) is 3.16. The summed E-state index contributed by atoms with van der Waals surface area (Å²) in [6, 6.07) is 4.41. The second-order valence-corrected chi connectivity index (χ2v) is 4.90. The number of ether oxygens (including phenoxy) is 1. The van der Waals surface area contributed by atoms with Crippen LogP contribution in [0.4, 0.5) is 4.39 Å². The average molecular weight is 334 g/mol. The maximum Gasteiger partial charge on any atom is 0.124 e. The maximum absolute atomic E-state index is 12.9. The molecule has 0 saturated carbocycles. The number of benzene rings is 1. The molecular weight excluding hydrogens is 322 g/mol. The van der Waals surface area contributed by atoms with Gasteiger partial charge in [0.1, 0.15) is 11.9 Å². The first-order valence-corrected chi connectivity index (χ1v) is 6.20. The van der Waals surface area contributed by atoms with Crippen molar-refractivity contribution in [2.24, 2.45) is 0 Å². The molecule has 86 valence electrons. The van der Waals surface area contributed by atoms with Crippen LogP contribution in [0.25, 0.3) is 0 Å². The molecule has 0 aromatic heterocycles. The lowest BCUT2D eigenvalue weighted by Gasteiger charge is -2.20. The fraction of sp³-hybridized carbons (Fsp3) is 0.333. The first-order chi connectivity index (χ1) is 7.68. The van der Waals surface area contributed by atoms with E-state index in [0.29, 0.717) is 6.61 Å². The highest BCUT2D eigenvalue weighted by atomic mass is 127. The van der Waals surface area contributed by atoms with Crippen molar-refractivity contribution in [2.45, 2.75) is 18.9 Å². The molecule has 0 bridgehead atoms. The number of hydrogen-bond donors (Lipinski definition) is 1. The molecule has 1 atom stereocenters. The lowest BCUT2D eigenvalue weighted by Crippen LogP contribution is -2.09. The lowest BCUT2D eigenvalue weighted by atomic mass is 9.98. The van der Waals surface area contributed by atoms with Gasteiger partial charge in [0, 0.05) is 3.57 Å². The van der Waals surface area contributed by atoms with E-state index in [4.69, 9.17) is 4.74 Å². The van der Waals surface area contributed by atoms with Crippen LogP contribution >= 0.6 is 22.6 Å². The third kappa shape index (κ3) is 2.55. The van der Waals surface area contributed by atoms with E-state index in [0.717, 1.165) is 27.5 Å².